The average molecular weight is 160 g/mol. The van der Waals surface area contributed by atoms with Gasteiger partial charge in [0.1, 0.15) is 0 Å². The van der Waals surface area contributed by atoms with Crippen LogP contribution in [-0.2, 0) is 9.53 Å². The molecule has 60 valence electrons. The van der Waals surface area contributed by atoms with Gasteiger partial charge in [-0.2, -0.15) is 0 Å². The Bertz CT molecular complexity index is 104. The number of ether oxygens (including phenoxy) is 1. The van der Waals surface area contributed by atoms with Gasteiger partial charge in [0.2, 0.25) is 0 Å². The highest BCUT2D eigenvalue weighted by Gasteiger charge is 2.10. The van der Waals surface area contributed by atoms with Gasteiger partial charge in [0.15, 0.2) is 0 Å². The highest BCUT2D eigenvalue weighted by molar-refractivity contribution is 6.08. The molecule has 0 spiro atoms. The SMILES string of the molecule is CCC(C)C(=O)OCC[SiH3]. The lowest BCUT2D eigenvalue weighted by Gasteiger charge is -2.07. The van der Waals surface area contributed by atoms with E-state index in [9.17, 15) is 4.79 Å². The van der Waals surface area contributed by atoms with Gasteiger partial charge < -0.3 is 4.74 Å². The van der Waals surface area contributed by atoms with Crippen LogP contribution in [0.1, 0.15) is 20.3 Å². The third kappa shape index (κ3) is 3.66. The van der Waals surface area contributed by atoms with Crippen LogP contribution in [0.3, 0.4) is 0 Å². The smallest absolute Gasteiger partial charge is 0.308 e. The molecule has 0 aromatic heterocycles. The minimum atomic E-state index is -0.0432. The van der Waals surface area contributed by atoms with E-state index in [1.807, 2.05) is 13.8 Å². The maximum absolute atomic E-state index is 10.9. The molecule has 0 fully saturated rings. The summed E-state index contributed by atoms with van der Waals surface area (Å²) in [6.45, 7) is 4.51. The first-order valence-corrected chi connectivity index (χ1v) is 5.30. The molecule has 0 radical (unpaired) electrons. The fourth-order valence-electron chi connectivity index (χ4n) is 0.512. The molecule has 0 aliphatic carbocycles. The van der Waals surface area contributed by atoms with Crippen LogP contribution in [0.4, 0.5) is 0 Å². The molecule has 10 heavy (non-hydrogen) atoms. The summed E-state index contributed by atoms with van der Waals surface area (Å²) in [7, 11) is 1.11. The Hall–Kier alpha value is -0.313. The van der Waals surface area contributed by atoms with Gasteiger partial charge in [-0.3, -0.25) is 4.79 Å². The van der Waals surface area contributed by atoms with Crippen molar-refractivity contribution in [2.75, 3.05) is 6.61 Å². The van der Waals surface area contributed by atoms with Crippen LogP contribution in [0.15, 0.2) is 0 Å². The van der Waals surface area contributed by atoms with E-state index in [0.29, 0.717) is 6.61 Å². The van der Waals surface area contributed by atoms with Crippen molar-refractivity contribution in [2.45, 2.75) is 26.3 Å². The fourth-order valence-corrected chi connectivity index (χ4v) is 0.716. The summed E-state index contributed by atoms with van der Waals surface area (Å²) >= 11 is 0. The predicted octanol–water partition coefficient (Wildman–Crippen LogP) is 0.359. The van der Waals surface area contributed by atoms with Crippen molar-refractivity contribution in [1.29, 1.82) is 0 Å². The molecule has 0 aromatic rings. The van der Waals surface area contributed by atoms with Crippen molar-refractivity contribution in [3.05, 3.63) is 0 Å². The van der Waals surface area contributed by atoms with Gasteiger partial charge in [0, 0.05) is 10.2 Å². The van der Waals surface area contributed by atoms with Crippen LogP contribution in [0.2, 0.25) is 6.04 Å². The maximum atomic E-state index is 10.9. The van der Waals surface area contributed by atoms with Crippen molar-refractivity contribution < 1.29 is 9.53 Å². The molecule has 1 atom stereocenters. The molecule has 1 unspecified atom stereocenters. The van der Waals surface area contributed by atoms with Gasteiger partial charge in [0.05, 0.1) is 12.5 Å². The Morgan fingerprint density at radius 1 is 1.70 bits per heavy atom. The first-order valence-electron chi connectivity index (χ1n) is 3.89. The Balaban J connectivity index is 3.42. The van der Waals surface area contributed by atoms with Crippen LogP contribution in [-0.4, -0.2) is 22.8 Å². The quantitative estimate of drug-likeness (QED) is 0.438. The molecule has 3 heteroatoms. The van der Waals surface area contributed by atoms with Crippen molar-refractivity contribution in [1.82, 2.24) is 0 Å². The molecule has 0 saturated heterocycles. The molecule has 0 bridgehead atoms. The van der Waals surface area contributed by atoms with Crippen molar-refractivity contribution >= 4 is 16.2 Å². The summed E-state index contributed by atoms with van der Waals surface area (Å²) < 4.78 is 4.94. The van der Waals surface area contributed by atoms with E-state index >= 15 is 0 Å². The van der Waals surface area contributed by atoms with E-state index in [1.54, 1.807) is 0 Å². The van der Waals surface area contributed by atoms with Gasteiger partial charge in [0.25, 0.3) is 0 Å². The number of carbonyl (C=O) groups excluding carboxylic acids is 1. The summed E-state index contributed by atoms with van der Waals surface area (Å²) in [6, 6.07) is 1.04. The zero-order valence-corrected chi connectivity index (χ0v) is 9.02. The van der Waals surface area contributed by atoms with Gasteiger partial charge >= 0.3 is 5.97 Å². The predicted molar refractivity (Wildman–Crippen MR) is 45.2 cm³/mol. The summed E-state index contributed by atoms with van der Waals surface area (Å²) in [4.78, 5) is 10.9. The molecule has 0 amide bonds. The minimum Gasteiger partial charge on any atom is -0.466 e. The van der Waals surface area contributed by atoms with Gasteiger partial charge in [-0.1, -0.05) is 13.8 Å². The molecular formula is C7H16O2Si. The second-order valence-corrected chi connectivity index (χ2v) is 3.48. The Morgan fingerprint density at radius 3 is 2.70 bits per heavy atom. The molecule has 0 rings (SSSR count). The molecule has 0 aliphatic heterocycles. The number of hydrogen-bond acceptors (Lipinski definition) is 2. The van der Waals surface area contributed by atoms with Gasteiger partial charge in [-0.05, 0) is 12.5 Å². The Morgan fingerprint density at radius 2 is 2.30 bits per heavy atom. The van der Waals surface area contributed by atoms with Crippen molar-refractivity contribution in [2.24, 2.45) is 5.92 Å². The zero-order chi connectivity index (χ0) is 7.98. The van der Waals surface area contributed by atoms with Crippen molar-refractivity contribution in [3.63, 3.8) is 0 Å². The normalized spacial score (nSPS) is 13.0. The Kier molecular flexibility index (Phi) is 5.30. The second-order valence-electron chi connectivity index (χ2n) is 2.48. The van der Waals surface area contributed by atoms with Crippen LogP contribution in [0.5, 0.6) is 0 Å². The number of rotatable bonds is 4. The summed E-state index contributed by atoms with van der Waals surface area (Å²) in [5.41, 5.74) is 0. The van der Waals surface area contributed by atoms with Gasteiger partial charge in [-0.25, -0.2) is 0 Å². The molecule has 0 aromatic carbocycles. The van der Waals surface area contributed by atoms with E-state index in [0.717, 1.165) is 22.7 Å². The average Bonchev–Trinajstić information content (AvgIpc) is 1.98. The Labute approximate surface area is 65.4 Å². The van der Waals surface area contributed by atoms with Crippen LogP contribution in [0.25, 0.3) is 0 Å². The third-order valence-corrected chi connectivity index (χ3v) is 1.87. The summed E-state index contributed by atoms with van der Waals surface area (Å²) in [6.07, 6.45) is 0.875. The van der Waals surface area contributed by atoms with E-state index < -0.39 is 0 Å². The van der Waals surface area contributed by atoms with E-state index in [-0.39, 0.29) is 11.9 Å². The number of esters is 1. The maximum Gasteiger partial charge on any atom is 0.308 e. The standard InChI is InChI=1S/C7H16O2Si/c1-3-6(2)7(8)9-4-5-10/h6H,3-5H2,1-2,10H3. The molecule has 0 saturated carbocycles. The zero-order valence-electron chi connectivity index (χ0n) is 7.02. The minimum absolute atomic E-state index is 0.0432. The molecule has 0 aliphatic rings. The lowest BCUT2D eigenvalue weighted by atomic mass is 10.1. The monoisotopic (exact) mass is 160 g/mol. The second kappa shape index (κ2) is 5.47. The summed E-state index contributed by atoms with van der Waals surface area (Å²) in [5, 5.41) is 0. The van der Waals surface area contributed by atoms with Crippen LogP contribution in [0, 0.1) is 5.92 Å². The third-order valence-electron chi connectivity index (χ3n) is 1.46. The fraction of sp³-hybridized carbons (Fsp3) is 0.857. The lowest BCUT2D eigenvalue weighted by Crippen LogP contribution is -2.14. The summed E-state index contributed by atoms with van der Waals surface area (Å²) in [5.74, 6) is 0.0339. The largest absolute Gasteiger partial charge is 0.466 e. The van der Waals surface area contributed by atoms with Crippen LogP contribution < -0.4 is 0 Å². The van der Waals surface area contributed by atoms with Gasteiger partial charge in [-0.15, -0.1) is 0 Å². The lowest BCUT2D eigenvalue weighted by molar-refractivity contribution is -0.147. The van der Waals surface area contributed by atoms with Crippen molar-refractivity contribution in [3.8, 4) is 0 Å². The number of hydrogen-bond donors (Lipinski definition) is 0. The topological polar surface area (TPSA) is 26.3 Å². The number of carbonyl (C=O) groups is 1. The van der Waals surface area contributed by atoms with E-state index in [1.165, 1.54) is 0 Å². The molecule has 0 heterocycles. The first kappa shape index (κ1) is 9.69. The van der Waals surface area contributed by atoms with Crippen LogP contribution >= 0.6 is 0 Å². The van der Waals surface area contributed by atoms with E-state index in [2.05, 4.69) is 0 Å². The molecular weight excluding hydrogens is 144 g/mol. The molecule has 0 N–H and O–H groups in total. The van der Waals surface area contributed by atoms with E-state index in [4.69, 9.17) is 4.74 Å². The molecule has 2 nitrogen and oxygen atoms in total. The highest BCUT2D eigenvalue weighted by Crippen LogP contribution is 2.02. The first-order chi connectivity index (χ1) is 4.72. The highest BCUT2D eigenvalue weighted by atomic mass is 28.1.